The number of rotatable bonds is 14. The zero-order chi connectivity index (χ0) is 50.6. The van der Waals surface area contributed by atoms with Gasteiger partial charge in [0.2, 0.25) is 0 Å². The third-order valence-electron chi connectivity index (χ3n) is 15.2. The number of likely N-dealkylation sites (tertiary alicyclic amines) is 1. The van der Waals surface area contributed by atoms with Gasteiger partial charge in [0.25, 0.3) is 0 Å². The van der Waals surface area contributed by atoms with E-state index >= 15 is 0 Å². The van der Waals surface area contributed by atoms with Crippen LogP contribution in [0.25, 0.3) is 0 Å². The van der Waals surface area contributed by atoms with Gasteiger partial charge >= 0.3 is 18.3 Å². The fourth-order valence-corrected chi connectivity index (χ4v) is 11.4. The van der Waals surface area contributed by atoms with Gasteiger partial charge in [0.1, 0.15) is 18.8 Å². The first kappa shape index (κ1) is 54.6. The first-order valence-corrected chi connectivity index (χ1v) is 27.0. The Hall–Kier alpha value is -5.68. The Morgan fingerprint density at radius 2 is 0.973 bits per heavy atom. The average molecular weight is 1040 g/mol. The molecule has 0 aliphatic carbocycles. The molecule has 74 heavy (non-hydrogen) atoms. The number of hydrogen-bond acceptors (Lipinski definition) is 13. The summed E-state index contributed by atoms with van der Waals surface area (Å²) in [6.07, 6.45) is 12.0. The number of piperazine rings is 4. The fraction of sp³-hybridized carbons (Fsp3) is 0.561. The second-order valence-corrected chi connectivity index (χ2v) is 21.6. The second-order valence-electron chi connectivity index (χ2n) is 21.6. The number of carbonyl (C=O) groups is 3. The van der Waals surface area contributed by atoms with Crippen molar-refractivity contribution in [3.8, 4) is 0 Å². The van der Waals surface area contributed by atoms with Gasteiger partial charge in [-0.2, -0.15) is 0 Å². The van der Waals surface area contributed by atoms with Crippen LogP contribution in [0.15, 0.2) is 97.3 Å². The molecule has 6 fully saturated rings. The molecule has 17 heteroatoms. The highest BCUT2D eigenvalue weighted by Gasteiger charge is 2.43. The average Bonchev–Trinajstić information content (AvgIpc) is 3.82. The van der Waals surface area contributed by atoms with Gasteiger partial charge in [0.15, 0.2) is 0 Å². The van der Waals surface area contributed by atoms with E-state index < -0.39 is 5.60 Å². The number of nitrogens with zero attached hydrogens (tertiary/aromatic N) is 9. The number of ether oxygens (including phenoxy) is 3. The van der Waals surface area contributed by atoms with Crippen molar-refractivity contribution in [3.05, 3.63) is 120 Å². The minimum atomic E-state index is -0.477. The van der Waals surface area contributed by atoms with E-state index in [-0.39, 0.29) is 30.7 Å². The molecular weight excluding hydrogens is 956 g/mol. The van der Waals surface area contributed by atoms with E-state index in [1.165, 1.54) is 29.9 Å². The molecular formula is C57H79ClN10O6. The van der Waals surface area contributed by atoms with E-state index in [4.69, 9.17) is 14.2 Å². The number of aryl methyl sites for hydroxylation is 2. The topological polar surface area (TPSA) is 139 Å². The van der Waals surface area contributed by atoms with Crippen LogP contribution >= 0.6 is 12.4 Å². The summed E-state index contributed by atoms with van der Waals surface area (Å²) in [5.41, 5.74) is 6.40. The molecule has 0 radical (unpaired) electrons. The number of halogens is 1. The van der Waals surface area contributed by atoms with Gasteiger partial charge in [-0.1, -0.05) is 60.7 Å². The molecule has 2 aromatic carbocycles. The van der Waals surface area contributed by atoms with Crippen molar-refractivity contribution in [2.75, 3.05) is 101 Å². The SMILES string of the molecule is CC(C)(C)OC(=O)N1CC2CCC(C1)N2c1ccnc(CCCN2CCN(C(=O)OCc3ccccc3)CC2)c1.Cl.O=C(OCc1ccccc1)N1CCN(CCCc2cc(N3C4CCC3CNC4)ccn2)CC1. The number of fused-ring (bicyclic) bond motifs is 4. The number of pyridine rings is 2. The monoisotopic (exact) mass is 1030 g/mol. The van der Waals surface area contributed by atoms with E-state index in [1.807, 2.05) is 104 Å². The van der Waals surface area contributed by atoms with Gasteiger partial charge in [-0.3, -0.25) is 19.8 Å². The van der Waals surface area contributed by atoms with E-state index in [0.29, 0.717) is 63.6 Å². The summed E-state index contributed by atoms with van der Waals surface area (Å²) in [6.45, 7) is 18.4. The highest BCUT2D eigenvalue weighted by Crippen LogP contribution is 2.36. The first-order chi connectivity index (χ1) is 35.5. The van der Waals surface area contributed by atoms with Crippen LogP contribution in [0.3, 0.4) is 0 Å². The van der Waals surface area contributed by atoms with Crippen molar-refractivity contribution in [1.82, 2.24) is 39.8 Å². The summed E-state index contributed by atoms with van der Waals surface area (Å²) in [4.78, 5) is 62.3. The molecule has 4 unspecified atom stereocenters. The molecule has 2 aromatic heterocycles. The number of anilines is 2. The molecule has 6 aliphatic heterocycles. The number of benzene rings is 2. The third-order valence-corrected chi connectivity index (χ3v) is 15.2. The predicted octanol–water partition coefficient (Wildman–Crippen LogP) is 7.89. The third kappa shape index (κ3) is 15.0. The fourth-order valence-electron chi connectivity index (χ4n) is 11.4. The summed E-state index contributed by atoms with van der Waals surface area (Å²) in [7, 11) is 0. The Labute approximate surface area is 445 Å². The van der Waals surface area contributed by atoms with Crippen molar-refractivity contribution < 1.29 is 28.6 Å². The zero-order valence-electron chi connectivity index (χ0n) is 43.9. The molecule has 1 N–H and O–H groups in total. The van der Waals surface area contributed by atoms with Crippen LogP contribution < -0.4 is 15.1 Å². The molecule has 0 spiro atoms. The lowest BCUT2D eigenvalue weighted by atomic mass is 10.1. The molecule has 4 atom stereocenters. The van der Waals surface area contributed by atoms with Crippen molar-refractivity contribution >= 4 is 42.1 Å². The van der Waals surface area contributed by atoms with Crippen molar-refractivity contribution in [1.29, 1.82) is 0 Å². The zero-order valence-corrected chi connectivity index (χ0v) is 44.7. The summed E-state index contributed by atoms with van der Waals surface area (Å²) in [6, 6.07) is 30.3. The van der Waals surface area contributed by atoms with Gasteiger partial charge in [-0.15, -0.1) is 12.4 Å². The summed E-state index contributed by atoms with van der Waals surface area (Å²) < 4.78 is 16.6. The lowest BCUT2D eigenvalue weighted by molar-refractivity contribution is 0.0209. The quantitative estimate of drug-likeness (QED) is 0.123. The largest absolute Gasteiger partial charge is 0.445 e. The maximum Gasteiger partial charge on any atom is 0.410 e. The molecule has 3 amide bonds. The van der Waals surface area contributed by atoms with Crippen LogP contribution in [0.1, 0.15) is 81.8 Å². The van der Waals surface area contributed by atoms with E-state index in [9.17, 15) is 14.4 Å². The molecule has 0 saturated carbocycles. The molecule has 400 valence electrons. The van der Waals surface area contributed by atoms with E-state index in [0.717, 1.165) is 121 Å². The molecule has 16 nitrogen and oxygen atoms in total. The smallest absolute Gasteiger partial charge is 0.410 e. The lowest BCUT2D eigenvalue weighted by Gasteiger charge is -2.42. The van der Waals surface area contributed by atoms with Crippen LogP contribution in [0.5, 0.6) is 0 Å². The molecule has 4 aromatic rings. The van der Waals surface area contributed by atoms with Crippen LogP contribution in [-0.4, -0.2) is 174 Å². The Bertz CT molecular complexity index is 2370. The van der Waals surface area contributed by atoms with Gasteiger partial charge in [0.05, 0.1) is 0 Å². The number of aromatic nitrogens is 2. The van der Waals surface area contributed by atoms with E-state index in [1.54, 1.807) is 4.90 Å². The first-order valence-electron chi connectivity index (χ1n) is 27.0. The number of carbonyl (C=O) groups excluding carboxylic acids is 3. The second kappa shape index (κ2) is 26.2. The number of amides is 3. The van der Waals surface area contributed by atoms with Crippen molar-refractivity contribution in [2.45, 2.75) is 115 Å². The minimum Gasteiger partial charge on any atom is -0.445 e. The number of nitrogens with one attached hydrogen (secondary N) is 1. The van der Waals surface area contributed by atoms with Crippen molar-refractivity contribution in [2.24, 2.45) is 0 Å². The predicted molar refractivity (Wildman–Crippen MR) is 291 cm³/mol. The molecule has 6 saturated heterocycles. The summed E-state index contributed by atoms with van der Waals surface area (Å²) in [5.74, 6) is 0. The molecule has 4 bridgehead atoms. The Morgan fingerprint density at radius 3 is 1.41 bits per heavy atom. The molecule has 8 heterocycles. The lowest BCUT2D eigenvalue weighted by Crippen LogP contribution is -2.56. The van der Waals surface area contributed by atoms with Gasteiger partial charge in [0, 0.05) is 138 Å². The molecule has 6 aliphatic rings. The van der Waals surface area contributed by atoms with Crippen LogP contribution in [0.2, 0.25) is 0 Å². The van der Waals surface area contributed by atoms with E-state index in [2.05, 4.69) is 59.1 Å². The molecule has 10 rings (SSSR count). The van der Waals surface area contributed by atoms with Crippen LogP contribution in [0.4, 0.5) is 25.8 Å². The van der Waals surface area contributed by atoms with Crippen molar-refractivity contribution in [3.63, 3.8) is 0 Å². The van der Waals surface area contributed by atoms with Gasteiger partial charge < -0.3 is 44.0 Å². The minimum absolute atomic E-state index is 0. The Morgan fingerprint density at radius 1 is 0.554 bits per heavy atom. The number of hydrogen-bond donors (Lipinski definition) is 1. The Kier molecular flexibility index (Phi) is 19.3. The van der Waals surface area contributed by atoms with Crippen LogP contribution in [-0.2, 0) is 40.3 Å². The highest BCUT2D eigenvalue weighted by atomic mass is 35.5. The van der Waals surface area contributed by atoms with Gasteiger partial charge in [-0.05, 0) is 121 Å². The highest BCUT2D eigenvalue weighted by molar-refractivity contribution is 5.85. The Balaban J connectivity index is 0.000000198. The summed E-state index contributed by atoms with van der Waals surface area (Å²) in [5, 5.41) is 3.56. The van der Waals surface area contributed by atoms with Crippen LogP contribution in [0, 0.1) is 0 Å². The maximum absolute atomic E-state index is 12.7. The standard InChI is InChI=1S/C31H43N5O4.C26H35N5O2.ClH/c1-31(2,3)40-30(38)35-21-27-11-12-28(22-35)36(27)26-13-14-32-25(20-26)10-7-15-33-16-18-34(19-17-33)29(37)39-23-24-8-5-4-6-9-24;32-26(33-20-21-5-2-1-3-6-21)30-15-13-29(14-16-30)12-4-7-22-17-23(10-11-28-22)31-24-8-9-25(31)19-27-18-24;/h4-6,8-9,13-14,20,27-28H,7,10-12,15-19,21-23H2,1-3H3;1-3,5-6,10-11,17,24-25,27H,4,7-9,12-16,18-20H2;1H. The normalized spacial score (nSPS) is 21.9. The van der Waals surface area contributed by atoms with Gasteiger partial charge in [-0.25, -0.2) is 14.4 Å². The summed E-state index contributed by atoms with van der Waals surface area (Å²) >= 11 is 0. The maximum atomic E-state index is 12.7.